The van der Waals surface area contributed by atoms with Crippen LogP contribution in [0.15, 0.2) is 18.2 Å². The Morgan fingerprint density at radius 1 is 1.57 bits per heavy atom. The molecular weight excluding hydrogens is 293 g/mol. The second kappa shape index (κ2) is 3.23. The molecule has 72 valence electrons. The van der Waals surface area contributed by atoms with Crippen molar-refractivity contribution in [1.82, 2.24) is 9.78 Å². The van der Waals surface area contributed by atoms with E-state index in [9.17, 15) is 4.79 Å². The molecule has 4 nitrogen and oxygen atoms in total. The van der Waals surface area contributed by atoms with Gasteiger partial charge in [-0.05, 0) is 34.7 Å². The molecule has 0 saturated carbocycles. The molecule has 1 aromatic heterocycles. The number of rotatable bonds is 1. The summed E-state index contributed by atoms with van der Waals surface area (Å²) in [7, 11) is 1.80. The molecule has 14 heavy (non-hydrogen) atoms. The molecule has 1 heterocycles. The second-order valence-electron chi connectivity index (χ2n) is 2.97. The smallest absolute Gasteiger partial charge is 0.269 e. The van der Waals surface area contributed by atoms with Gasteiger partial charge in [-0.1, -0.05) is 6.07 Å². The first-order valence-corrected chi connectivity index (χ1v) is 5.10. The maximum absolute atomic E-state index is 11.1. The molecule has 0 fully saturated rings. The molecule has 0 atom stereocenters. The first kappa shape index (κ1) is 9.45. The van der Waals surface area contributed by atoms with E-state index < -0.39 is 5.91 Å². The van der Waals surface area contributed by atoms with Crippen molar-refractivity contribution in [2.45, 2.75) is 0 Å². The van der Waals surface area contributed by atoms with E-state index in [-0.39, 0.29) is 0 Å². The second-order valence-corrected chi connectivity index (χ2v) is 4.13. The number of primary amides is 1. The molecule has 0 bridgehead atoms. The summed E-state index contributed by atoms with van der Waals surface area (Å²) in [4.78, 5) is 11.1. The molecule has 2 rings (SSSR count). The molecule has 1 amide bonds. The molecule has 1 aromatic carbocycles. The minimum atomic E-state index is -0.486. The lowest BCUT2D eigenvalue weighted by Gasteiger charge is -1.95. The molecule has 0 radical (unpaired) electrons. The Labute approximate surface area is 94.2 Å². The average Bonchev–Trinajstić information content (AvgIpc) is 2.46. The number of halogens is 1. The molecule has 0 unspecified atom stereocenters. The summed E-state index contributed by atoms with van der Waals surface area (Å²) in [5.74, 6) is -0.486. The van der Waals surface area contributed by atoms with Gasteiger partial charge in [-0.2, -0.15) is 5.10 Å². The van der Waals surface area contributed by atoms with Crippen LogP contribution in [0, 0.1) is 3.57 Å². The summed E-state index contributed by atoms with van der Waals surface area (Å²) >= 11 is 2.17. The van der Waals surface area contributed by atoms with E-state index in [4.69, 9.17) is 5.73 Å². The van der Waals surface area contributed by atoms with Crippen molar-refractivity contribution in [3.8, 4) is 0 Å². The number of nitrogens with two attached hydrogens (primary N) is 1. The summed E-state index contributed by atoms with van der Waals surface area (Å²) in [5.41, 5.74) is 6.51. The number of hydrogen-bond donors (Lipinski definition) is 1. The van der Waals surface area contributed by atoms with Gasteiger partial charge in [-0.15, -0.1) is 0 Å². The number of hydrogen-bond acceptors (Lipinski definition) is 2. The van der Waals surface area contributed by atoms with Gasteiger partial charge in [-0.3, -0.25) is 9.48 Å². The SMILES string of the molecule is Cn1nc(C(N)=O)c2c(I)cccc21. The van der Waals surface area contributed by atoms with Crippen LogP contribution < -0.4 is 5.73 Å². The van der Waals surface area contributed by atoms with Crippen LogP contribution in [0.4, 0.5) is 0 Å². The fourth-order valence-electron chi connectivity index (χ4n) is 1.44. The topological polar surface area (TPSA) is 60.9 Å². The van der Waals surface area contributed by atoms with Gasteiger partial charge in [0.25, 0.3) is 5.91 Å². The van der Waals surface area contributed by atoms with Crippen molar-refractivity contribution in [3.05, 3.63) is 27.5 Å². The number of carbonyl (C=O) groups excluding carboxylic acids is 1. The predicted octanol–water partition coefficient (Wildman–Crippen LogP) is 1.28. The van der Waals surface area contributed by atoms with E-state index in [0.717, 1.165) is 14.5 Å². The van der Waals surface area contributed by atoms with Crippen molar-refractivity contribution < 1.29 is 4.79 Å². The Kier molecular flexibility index (Phi) is 2.18. The number of aryl methyl sites for hydroxylation is 1. The lowest BCUT2D eigenvalue weighted by atomic mass is 10.2. The number of amides is 1. The highest BCUT2D eigenvalue weighted by Crippen LogP contribution is 2.23. The zero-order valence-electron chi connectivity index (χ0n) is 7.49. The molecule has 0 aliphatic heterocycles. The minimum Gasteiger partial charge on any atom is -0.364 e. The first-order valence-electron chi connectivity index (χ1n) is 4.02. The molecule has 0 aliphatic carbocycles. The Morgan fingerprint density at radius 3 is 2.93 bits per heavy atom. The van der Waals surface area contributed by atoms with Gasteiger partial charge in [-0.25, -0.2) is 0 Å². The fourth-order valence-corrected chi connectivity index (χ4v) is 2.18. The van der Waals surface area contributed by atoms with Gasteiger partial charge in [0, 0.05) is 16.0 Å². The zero-order valence-corrected chi connectivity index (χ0v) is 9.65. The molecular formula is C9H8IN3O. The van der Waals surface area contributed by atoms with Crippen molar-refractivity contribution in [3.63, 3.8) is 0 Å². The van der Waals surface area contributed by atoms with E-state index in [1.165, 1.54) is 0 Å². The van der Waals surface area contributed by atoms with Crippen molar-refractivity contribution >= 4 is 39.4 Å². The third-order valence-corrected chi connectivity index (χ3v) is 2.96. The van der Waals surface area contributed by atoms with E-state index in [0.29, 0.717) is 5.69 Å². The summed E-state index contributed by atoms with van der Waals surface area (Å²) in [6, 6.07) is 5.77. The predicted molar refractivity (Wildman–Crippen MR) is 61.9 cm³/mol. The molecule has 5 heteroatoms. The van der Waals surface area contributed by atoms with Gasteiger partial charge in [0.05, 0.1) is 5.52 Å². The third kappa shape index (κ3) is 1.28. The van der Waals surface area contributed by atoms with Crippen LogP contribution in [-0.2, 0) is 7.05 Å². The Hall–Kier alpha value is -1.11. The van der Waals surface area contributed by atoms with Crippen molar-refractivity contribution in [2.75, 3.05) is 0 Å². The number of nitrogens with zero attached hydrogens (tertiary/aromatic N) is 2. The highest BCUT2D eigenvalue weighted by atomic mass is 127. The first-order chi connectivity index (χ1) is 6.61. The van der Waals surface area contributed by atoms with Gasteiger partial charge < -0.3 is 5.73 Å². The van der Waals surface area contributed by atoms with Gasteiger partial charge >= 0.3 is 0 Å². The number of carbonyl (C=O) groups is 1. The zero-order chi connectivity index (χ0) is 10.3. The standard InChI is InChI=1S/C9H8IN3O/c1-13-6-4-2-3-5(10)7(6)8(12-13)9(11)14/h2-4H,1H3,(H2,11,14). The fraction of sp³-hybridized carbons (Fsp3) is 0.111. The summed E-state index contributed by atoms with van der Waals surface area (Å²) < 4.78 is 2.65. The quantitative estimate of drug-likeness (QED) is 0.807. The Morgan fingerprint density at radius 2 is 2.29 bits per heavy atom. The van der Waals surface area contributed by atoms with E-state index in [1.54, 1.807) is 11.7 Å². The van der Waals surface area contributed by atoms with Crippen LogP contribution in [0.25, 0.3) is 10.9 Å². The van der Waals surface area contributed by atoms with E-state index >= 15 is 0 Å². The Bertz CT molecular complexity index is 518. The van der Waals surface area contributed by atoms with Crippen LogP contribution in [0.3, 0.4) is 0 Å². The van der Waals surface area contributed by atoms with Crippen LogP contribution in [0.2, 0.25) is 0 Å². The molecule has 2 aromatic rings. The maximum atomic E-state index is 11.1. The van der Waals surface area contributed by atoms with E-state index in [2.05, 4.69) is 27.7 Å². The van der Waals surface area contributed by atoms with Crippen LogP contribution >= 0.6 is 22.6 Å². The number of aromatic nitrogens is 2. The van der Waals surface area contributed by atoms with Crippen LogP contribution in [0.5, 0.6) is 0 Å². The van der Waals surface area contributed by atoms with Gasteiger partial charge in [0.2, 0.25) is 0 Å². The minimum absolute atomic E-state index is 0.340. The largest absolute Gasteiger partial charge is 0.364 e. The molecule has 2 N–H and O–H groups in total. The van der Waals surface area contributed by atoms with Crippen molar-refractivity contribution in [2.24, 2.45) is 12.8 Å². The monoisotopic (exact) mass is 301 g/mol. The molecule has 0 aliphatic rings. The van der Waals surface area contributed by atoms with E-state index in [1.807, 2.05) is 18.2 Å². The number of fused-ring (bicyclic) bond motifs is 1. The summed E-state index contributed by atoms with van der Waals surface area (Å²) in [5, 5.41) is 4.92. The normalized spacial score (nSPS) is 10.7. The lowest BCUT2D eigenvalue weighted by Crippen LogP contribution is -2.12. The van der Waals surface area contributed by atoms with Gasteiger partial charge in [0.1, 0.15) is 0 Å². The van der Waals surface area contributed by atoms with Gasteiger partial charge in [0.15, 0.2) is 5.69 Å². The lowest BCUT2D eigenvalue weighted by molar-refractivity contribution is 0.0996. The third-order valence-electron chi connectivity index (χ3n) is 2.06. The highest BCUT2D eigenvalue weighted by molar-refractivity contribution is 14.1. The highest BCUT2D eigenvalue weighted by Gasteiger charge is 2.14. The average molecular weight is 301 g/mol. The number of benzene rings is 1. The van der Waals surface area contributed by atoms with Crippen LogP contribution in [0.1, 0.15) is 10.5 Å². The summed E-state index contributed by atoms with van der Waals surface area (Å²) in [6.45, 7) is 0. The van der Waals surface area contributed by atoms with Crippen molar-refractivity contribution in [1.29, 1.82) is 0 Å². The summed E-state index contributed by atoms with van der Waals surface area (Å²) in [6.07, 6.45) is 0. The Balaban J connectivity index is 2.93. The maximum Gasteiger partial charge on any atom is 0.269 e. The molecule has 0 saturated heterocycles. The van der Waals surface area contributed by atoms with Crippen LogP contribution in [-0.4, -0.2) is 15.7 Å². The molecule has 0 spiro atoms.